The molecule has 0 radical (unpaired) electrons. The van der Waals surface area contributed by atoms with Crippen molar-refractivity contribution in [2.45, 2.75) is 71.1 Å². The summed E-state index contributed by atoms with van der Waals surface area (Å²) in [5.74, 6) is 0.522. The van der Waals surface area contributed by atoms with Crippen LogP contribution >= 0.6 is 11.3 Å². The Bertz CT molecular complexity index is 1110. The molecule has 4 nitrogen and oxygen atoms in total. The number of nitrogens with one attached hydrogen (secondary N) is 1. The lowest BCUT2D eigenvalue weighted by molar-refractivity contribution is 0.595. The molecule has 0 saturated carbocycles. The Hall–Kier alpha value is -1.92. The number of sulfonamides is 1. The predicted molar refractivity (Wildman–Crippen MR) is 124 cm³/mol. The van der Waals surface area contributed by atoms with Crippen LogP contribution in [0.5, 0.6) is 0 Å². The second-order valence-corrected chi connectivity index (χ2v) is 11.2. The zero-order valence-corrected chi connectivity index (χ0v) is 19.8. The summed E-state index contributed by atoms with van der Waals surface area (Å²) in [5, 5.41) is 0.406. The van der Waals surface area contributed by atoms with Gasteiger partial charge in [0, 0.05) is 0 Å². The Balaban J connectivity index is 2.15. The van der Waals surface area contributed by atoms with Crippen molar-refractivity contribution in [3.05, 3.63) is 52.6 Å². The molecular formula is C23H30N2O2S2. The van der Waals surface area contributed by atoms with Crippen LogP contribution in [0.4, 0.5) is 5.13 Å². The normalized spacial score (nSPS) is 12.5. The van der Waals surface area contributed by atoms with Crippen LogP contribution in [0.1, 0.15) is 81.5 Å². The van der Waals surface area contributed by atoms with Gasteiger partial charge in [-0.25, -0.2) is 13.4 Å². The van der Waals surface area contributed by atoms with Crippen molar-refractivity contribution >= 4 is 36.7 Å². The van der Waals surface area contributed by atoms with E-state index in [1.165, 1.54) is 16.9 Å². The lowest BCUT2D eigenvalue weighted by Gasteiger charge is -2.22. The van der Waals surface area contributed by atoms with Crippen LogP contribution < -0.4 is 4.72 Å². The topological polar surface area (TPSA) is 59.1 Å². The first kappa shape index (κ1) is 21.8. The number of aromatic nitrogens is 1. The fraction of sp³-hybridized carbons (Fsp3) is 0.435. The van der Waals surface area contributed by atoms with E-state index in [4.69, 9.17) is 0 Å². The minimum atomic E-state index is -3.77. The van der Waals surface area contributed by atoms with E-state index in [0.29, 0.717) is 15.9 Å². The largest absolute Gasteiger partial charge is 0.264 e. The molecule has 0 bridgehead atoms. The quantitative estimate of drug-likeness (QED) is 0.469. The molecule has 29 heavy (non-hydrogen) atoms. The summed E-state index contributed by atoms with van der Waals surface area (Å²) in [4.78, 5) is 4.89. The number of thiazole rings is 1. The molecule has 6 heteroatoms. The van der Waals surface area contributed by atoms with Crippen molar-refractivity contribution in [2.24, 2.45) is 0 Å². The highest BCUT2D eigenvalue weighted by Crippen LogP contribution is 2.37. The second kappa shape index (κ2) is 8.07. The van der Waals surface area contributed by atoms with E-state index < -0.39 is 10.0 Å². The van der Waals surface area contributed by atoms with Gasteiger partial charge < -0.3 is 0 Å². The fourth-order valence-corrected chi connectivity index (χ4v) is 6.34. The third kappa shape index (κ3) is 4.48. The van der Waals surface area contributed by atoms with Gasteiger partial charge in [-0.15, -0.1) is 0 Å². The molecule has 3 rings (SSSR count). The third-order valence-corrected chi connectivity index (χ3v) is 7.65. The molecule has 0 aliphatic carbocycles. The minimum Gasteiger partial charge on any atom is -0.255 e. The number of fused-ring (bicyclic) bond motifs is 1. The summed E-state index contributed by atoms with van der Waals surface area (Å²) in [6, 6.07) is 10.0. The maximum atomic E-state index is 13.5. The summed E-state index contributed by atoms with van der Waals surface area (Å²) in [7, 11) is -3.77. The van der Waals surface area contributed by atoms with Gasteiger partial charge in [-0.2, -0.15) is 0 Å². The molecule has 1 N–H and O–H groups in total. The molecule has 0 amide bonds. The number of aryl methyl sites for hydroxylation is 1. The van der Waals surface area contributed by atoms with Crippen molar-refractivity contribution in [3.8, 4) is 0 Å². The van der Waals surface area contributed by atoms with Gasteiger partial charge in [0.1, 0.15) is 0 Å². The molecule has 0 aliphatic rings. The fourth-order valence-electron chi connectivity index (χ4n) is 3.44. The highest BCUT2D eigenvalue weighted by molar-refractivity contribution is 7.93. The number of benzene rings is 2. The summed E-state index contributed by atoms with van der Waals surface area (Å²) in [6.45, 7) is 14.5. The van der Waals surface area contributed by atoms with Crippen molar-refractivity contribution in [1.82, 2.24) is 4.98 Å². The van der Waals surface area contributed by atoms with Gasteiger partial charge in [-0.05, 0) is 59.1 Å². The van der Waals surface area contributed by atoms with Crippen LogP contribution in [-0.4, -0.2) is 13.4 Å². The molecule has 0 unspecified atom stereocenters. The van der Waals surface area contributed by atoms with Crippen molar-refractivity contribution in [1.29, 1.82) is 0 Å². The van der Waals surface area contributed by atoms with Gasteiger partial charge in [-0.3, -0.25) is 4.72 Å². The molecule has 0 saturated heterocycles. The van der Waals surface area contributed by atoms with Crippen LogP contribution in [0.15, 0.2) is 35.2 Å². The van der Waals surface area contributed by atoms with Crippen molar-refractivity contribution < 1.29 is 8.42 Å². The van der Waals surface area contributed by atoms with E-state index in [-0.39, 0.29) is 11.8 Å². The first-order valence-electron chi connectivity index (χ1n) is 10.1. The highest BCUT2D eigenvalue weighted by Gasteiger charge is 2.27. The molecule has 0 fully saturated rings. The van der Waals surface area contributed by atoms with E-state index in [1.807, 2.05) is 52.8 Å². The molecule has 0 atom stereocenters. The smallest absolute Gasteiger partial charge is 0.255 e. The molecule has 3 aromatic rings. The van der Waals surface area contributed by atoms with Crippen LogP contribution in [0.2, 0.25) is 0 Å². The Morgan fingerprint density at radius 3 is 2.00 bits per heavy atom. The Kier molecular flexibility index (Phi) is 6.06. The summed E-state index contributed by atoms with van der Waals surface area (Å²) >= 11 is 1.37. The molecule has 0 aliphatic heterocycles. The van der Waals surface area contributed by atoms with E-state index in [0.717, 1.165) is 26.9 Å². The van der Waals surface area contributed by atoms with Gasteiger partial charge >= 0.3 is 0 Å². The maximum Gasteiger partial charge on any atom is 0.264 e. The van der Waals surface area contributed by atoms with Crippen LogP contribution in [0.3, 0.4) is 0 Å². The maximum absolute atomic E-state index is 13.5. The lowest BCUT2D eigenvalue weighted by Crippen LogP contribution is -2.19. The second-order valence-electron chi connectivity index (χ2n) is 8.59. The Morgan fingerprint density at radius 2 is 1.48 bits per heavy atom. The summed E-state index contributed by atoms with van der Waals surface area (Å²) < 4.78 is 30.8. The van der Waals surface area contributed by atoms with Gasteiger partial charge in [-0.1, -0.05) is 71.1 Å². The number of hydrogen-bond donors (Lipinski definition) is 1. The van der Waals surface area contributed by atoms with Gasteiger partial charge in [0.2, 0.25) is 0 Å². The summed E-state index contributed by atoms with van der Waals surface area (Å²) in [6.07, 6.45) is 0. The van der Waals surface area contributed by atoms with Crippen molar-refractivity contribution in [2.75, 3.05) is 4.72 Å². The lowest BCUT2D eigenvalue weighted by atomic mass is 9.89. The first-order valence-corrected chi connectivity index (χ1v) is 12.4. The Labute approximate surface area is 178 Å². The molecule has 1 heterocycles. The molecule has 1 aromatic heterocycles. The number of rotatable bonds is 6. The van der Waals surface area contributed by atoms with Gasteiger partial charge in [0.15, 0.2) is 5.13 Å². The molecule has 2 aromatic carbocycles. The van der Waals surface area contributed by atoms with E-state index in [9.17, 15) is 8.42 Å². The standard InChI is InChI=1S/C23H30N2O2S2/c1-13(2)17-11-18(14(3)4)22(19(12-17)15(5)6)29(26,27)25-23-24-20-9-8-16(7)10-21(20)28-23/h8-15H,1-7H3,(H,24,25). The van der Waals surface area contributed by atoms with Crippen LogP contribution in [0.25, 0.3) is 10.2 Å². The Morgan fingerprint density at radius 1 is 0.897 bits per heavy atom. The van der Waals surface area contributed by atoms with Crippen LogP contribution in [0, 0.1) is 6.92 Å². The summed E-state index contributed by atoms with van der Waals surface area (Å²) in [5.41, 5.74) is 4.84. The van der Waals surface area contributed by atoms with E-state index >= 15 is 0 Å². The van der Waals surface area contributed by atoms with E-state index in [2.05, 4.69) is 35.7 Å². The SMILES string of the molecule is Cc1ccc2nc(NS(=O)(=O)c3c(C(C)C)cc(C(C)C)cc3C(C)C)sc2c1. The van der Waals surface area contributed by atoms with Crippen LogP contribution in [-0.2, 0) is 10.0 Å². The zero-order chi connectivity index (χ0) is 21.5. The molecule has 156 valence electrons. The van der Waals surface area contributed by atoms with Gasteiger partial charge in [0.25, 0.3) is 10.0 Å². The zero-order valence-electron chi connectivity index (χ0n) is 18.2. The minimum absolute atomic E-state index is 0.0933. The average Bonchev–Trinajstić information content (AvgIpc) is 3.00. The third-order valence-electron chi connectivity index (χ3n) is 5.11. The monoisotopic (exact) mass is 430 g/mol. The van der Waals surface area contributed by atoms with Crippen molar-refractivity contribution in [3.63, 3.8) is 0 Å². The van der Waals surface area contributed by atoms with Gasteiger partial charge in [0.05, 0.1) is 15.1 Å². The number of nitrogens with zero attached hydrogens (tertiary/aromatic N) is 1. The van der Waals surface area contributed by atoms with E-state index in [1.54, 1.807) is 0 Å². The molecular weight excluding hydrogens is 400 g/mol. The molecule has 0 spiro atoms. The number of anilines is 1. The predicted octanol–water partition coefficient (Wildman–Crippen LogP) is 6.78. The number of hydrogen-bond acceptors (Lipinski definition) is 4. The average molecular weight is 431 g/mol. The first-order chi connectivity index (χ1) is 13.5. The highest BCUT2D eigenvalue weighted by atomic mass is 32.2.